The lowest BCUT2D eigenvalue weighted by Gasteiger charge is -2.38. The second-order valence-electron chi connectivity index (χ2n) is 5.25. The van der Waals surface area contributed by atoms with Crippen molar-refractivity contribution in [2.45, 2.75) is 39.2 Å². The van der Waals surface area contributed by atoms with E-state index in [4.69, 9.17) is 4.74 Å². The molecule has 6 heteroatoms. The van der Waals surface area contributed by atoms with Crippen molar-refractivity contribution < 1.29 is 19.4 Å². The van der Waals surface area contributed by atoms with Gasteiger partial charge in [0.15, 0.2) is 0 Å². The van der Waals surface area contributed by atoms with Gasteiger partial charge in [-0.25, -0.2) is 9.59 Å². The lowest BCUT2D eigenvalue weighted by atomic mass is 9.89. The van der Waals surface area contributed by atoms with Crippen LogP contribution < -0.4 is 0 Å². The molecule has 0 saturated carbocycles. The van der Waals surface area contributed by atoms with Crippen molar-refractivity contribution in [2.24, 2.45) is 5.92 Å². The largest absolute Gasteiger partial charge is 0.480 e. The molecule has 0 bridgehead atoms. The fourth-order valence-corrected chi connectivity index (χ4v) is 2.53. The van der Waals surface area contributed by atoms with E-state index in [9.17, 15) is 14.7 Å². The topological polar surface area (TPSA) is 70.1 Å². The van der Waals surface area contributed by atoms with E-state index < -0.39 is 12.0 Å². The maximum atomic E-state index is 12.3. The molecule has 0 aromatic heterocycles. The summed E-state index contributed by atoms with van der Waals surface area (Å²) in [6.07, 6.45) is 2.40. The van der Waals surface area contributed by atoms with Crippen molar-refractivity contribution in [1.29, 1.82) is 0 Å². The highest BCUT2D eigenvalue weighted by Gasteiger charge is 2.36. The van der Waals surface area contributed by atoms with Gasteiger partial charge in [-0.2, -0.15) is 0 Å². The molecule has 1 saturated heterocycles. The number of carbonyl (C=O) groups excluding carboxylic acids is 1. The van der Waals surface area contributed by atoms with Gasteiger partial charge in [0, 0.05) is 26.7 Å². The highest BCUT2D eigenvalue weighted by atomic mass is 16.5. The first-order valence-corrected chi connectivity index (χ1v) is 7.33. The summed E-state index contributed by atoms with van der Waals surface area (Å²) >= 11 is 0. The number of carboxylic acid groups (broad SMARTS) is 1. The summed E-state index contributed by atoms with van der Waals surface area (Å²) in [5, 5.41) is 9.33. The third-order valence-corrected chi connectivity index (χ3v) is 3.92. The van der Waals surface area contributed by atoms with Gasteiger partial charge in [-0.1, -0.05) is 13.3 Å². The first-order chi connectivity index (χ1) is 9.51. The average molecular weight is 286 g/mol. The minimum Gasteiger partial charge on any atom is -0.480 e. The number of hydrogen-bond acceptors (Lipinski definition) is 3. The number of piperidine rings is 1. The number of hydrogen-bond donors (Lipinski definition) is 1. The second-order valence-corrected chi connectivity index (χ2v) is 5.25. The number of likely N-dealkylation sites (tertiary alicyclic amines) is 1. The number of carbonyl (C=O) groups is 2. The number of likely N-dealkylation sites (N-methyl/N-ethyl adjacent to an activating group) is 1. The molecule has 1 fully saturated rings. The minimum atomic E-state index is -0.908. The molecule has 0 spiro atoms. The molecule has 1 aliphatic heterocycles. The Kier molecular flexibility index (Phi) is 6.78. The van der Waals surface area contributed by atoms with Crippen LogP contribution in [0.2, 0.25) is 0 Å². The molecule has 1 heterocycles. The Hall–Kier alpha value is -1.30. The first kappa shape index (κ1) is 16.8. The van der Waals surface area contributed by atoms with E-state index in [0.717, 1.165) is 12.8 Å². The number of amides is 2. The van der Waals surface area contributed by atoms with Crippen LogP contribution in [0.15, 0.2) is 0 Å². The van der Waals surface area contributed by atoms with Crippen LogP contribution in [0.25, 0.3) is 0 Å². The zero-order chi connectivity index (χ0) is 15.1. The van der Waals surface area contributed by atoms with Crippen molar-refractivity contribution in [3.05, 3.63) is 0 Å². The molecule has 1 rings (SSSR count). The van der Waals surface area contributed by atoms with Crippen LogP contribution in [0, 0.1) is 5.92 Å². The lowest BCUT2D eigenvalue weighted by molar-refractivity contribution is -0.144. The van der Waals surface area contributed by atoms with Crippen LogP contribution in [0.3, 0.4) is 0 Å². The van der Waals surface area contributed by atoms with Gasteiger partial charge < -0.3 is 19.6 Å². The van der Waals surface area contributed by atoms with Crippen molar-refractivity contribution >= 4 is 12.0 Å². The summed E-state index contributed by atoms with van der Waals surface area (Å²) in [7, 11) is 1.69. The molecule has 2 unspecified atom stereocenters. The molecular weight excluding hydrogens is 260 g/mol. The van der Waals surface area contributed by atoms with Gasteiger partial charge >= 0.3 is 12.0 Å². The normalized spacial score (nSPS) is 22.6. The number of ether oxygens (including phenoxy) is 1. The molecule has 2 atom stereocenters. The van der Waals surface area contributed by atoms with E-state index in [1.165, 1.54) is 9.80 Å². The Morgan fingerprint density at radius 2 is 2.10 bits per heavy atom. The highest BCUT2D eigenvalue weighted by molar-refractivity contribution is 5.82. The first-order valence-electron chi connectivity index (χ1n) is 7.33. The lowest BCUT2D eigenvalue weighted by Crippen LogP contribution is -2.54. The van der Waals surface area contributed by atoms with E-state index in [-0.39, 0.29) is 6.03 Å². The van der Waals surface area contributed by atoms with Crippen LogP contribution in [-0.2, 0) is 9.53 Å². The van der Waals surface area contributed by atoms with Crippen molar-refractivity contribution in [2.75, 3.05) is 33.4 Å². The molecule has 0 aromatic carbocycles. The van der Waals surface area contributed by atoms with E-state index in [1.807, 2.05) is 6.92 Å². The Balaban J connectivity index is 2.62. The van der Waals surface area contributed by atoms with E-state index >= 15 is 0 Å². The van der Waals surface area contributed by atoms with Crippen molar-refractivity contribution in [3.8, 4) is 0 Å². The molecule has 0 aliphatic carbocycles. The molecule has 6 nitrogen and oxygen atoms in total. The SMILES string of the molecule is CCOCCN(C)C(=O)N1CCC(CC)CC1C(=O)O. The summed E-state index contributed by atoms with van der Waals surface area (Å²) < 4.78 is 5.22. The van der Waals surface area contributed by atoms with Gasteiger partial charge in [-0.3, -0.25) is 0 Å². The van der Waals surface area contributed by atoms with Gasteiger partial charge in [-0.15, -0.1) is 0 Å². The molecule has 1 aliphatic rings. The number of urea groups is 1. The standard InChI is InChI=1S/C14H26N2O4/c1-4-11-6-7-16(12(10-11)13(17)18)14(19)15(3)8-9-20-5-2/h11-12H,4-10H2,1-3H3,(H,17,18). The second kappa shape index (κ2) is 8.09. The zero-order valence-electron chi connectivity index (χ0n) is 12.7. The van der Waals surface area contributed by atoms with Gasteiger partial charge in [0.2, 0.25) is 0 Å². The van der Waals surface area contributed by atoms with E-state index in [2.05, 4.69) is 6.92 Å². The van der Waals surface area contributed by atoms with Crippen LogP contribution >= 0.6 is 0 Å². The maximum absolute atomic E-state index is 12.3. The third-order valence-electron chi connectivity index (χ3n) is 3.92. The summed E-state index contributed by atoms with van der Waals surface area (Å²) in [6.45, 7) is 6.05. The fourth-order valence-electron chi connectivity index (χ4n) is 2.53. The molecule has 1 N–H and O–H groups in total. The maximum Gasteiger partial charge on any atom is 0.326 e. The van der Waals surface area contributed by atoms with Gasteiger partial charge in [0.1, 0.15) is 6.04 Å². The van der Waals surface area contributed by atoms with Gasteiger partial charge in [-0.05, 0) is 25.7 Å². The quantitative estimate of drug-likeness (QED) is 0.754. The number of aliphatic carboxylic acids is 1. The van der Waals surface area contributed by atoms with Gasteiger partial charge in [0.05, 0.1) is 6.61 Å². The number of rotatable bonds is 6. The number of carboxylic acids is 1. The zero-order valence-corrected chi connectivity index (χ0v) is 12.7. The Morgan fingerprint density at radius 1 is 1.40 bits per heavy atom. The predicted octanol–water partition coefficient (Wildman–Crippen LogP) is 1.65. The van der Waals surface area contributed by atoms with Crippen LogP contribution in [0.4, 0.5) is 4.79 Å². The van der Waals surface area contributed by atoms with E-state index in [0.29, 0.717) is 38.6 Å². The fraction of sp³-hybridized carbons (Fsp3) is 0.857. The monoisotopic (exact) mass is 286 g/mol. The minimum absolute atomic E-state index is 0.216. The highest BCUT2D eigenvalue weighted by Crippen LogP contribution is 2.26. The van der Waals surface area contributed by atoms with E-state index in [1.54, 1.807) is 7.05 Å². The summed E-state index contributed by atoms with van der Waals surface area (Å²) in [4.78, 5) is 26.7. The molecule has 0 radical (unpaired) electrons. The molecule has 116 valence electrons. The summed E-state index contributed by atoms with van der Waals surface area (Å²) in [5.74, 6) is -0.511. The smallest absolute Gasteiger partial charge is 0.326 e. The Morgan fingerprint density at radius 3 is 2.65 bits per heavy atom. The molecular formula is C14H26N2O4. The molecule has 2 amide bonds. The van der Waals surface area contributed by atoms with Gasteiger partial charge in [0.25, 0.3) is 0 Å². The number of nitrogens with zero attached hydrogens (tertiary/aromatic N) is 2. The van der Waals surface area contributed by atoms with Crippen LogP contribution in [0.5, 0.6) is 0 Å². The Bertz CT molecular complexity index is 335. The third kappa shape index (κ3) is 4.37. The van der Waals surface area contributed by atoms with Crippen LogP contribution in [-0.4, -0.2) is 66.3 Å². The molecule has 0 aromatic rings. The Labute approximate surface area is 120 Å². The average Bonchev–Trinajstić information content (AvgIpc) is 2.45. The van der Waals surface area contributed by atoms with Crippen LogP contribution in [0.1, 0.15) is 33.1 Å². The van der Waals surface area contributed by atoms with Crippen molar-refractivity contribution in [3.63, 3.8) is 0 Å². The summed E-state index contributed by atoms with van der Waals surface area (Å²) in [5.41, 5.74) is 0. The van der Waals surface area contributed by atoms with Crippen molar-refractivity contribution in [1.82, 2.24) is 9.80 Å². The molecule has 20 heavy (non-hydrogen) atoms. The predicted molar refractivity (Wildman–Crippen MR) is 75.7 cm³/mol. The summed E-state index contributed by atoms with van der Waals surface area (Å²) in [6, 6.07) is -0.914.